The molecule has 0 aliphatic carbocycles. The number of non-ortho nitro benzene ring substituents is 1. The first kappa shape index (κ1) is 9.47. The third-order valence-corrected chi connectivity index (χ3v) is 1.61. The highest BCUT2D eigenvalue weighted by Gasteiger charge is 2.08. The molecule has 0 saturated carbocycles. The Bertz CT molecular complexity index is 325. The Labute approximate surface area is 74.9 Å². The monoisotopic (exact) mass is 182 g/mol. The fraction of sp³-hybridized carbons (Fsp3) is 0.250. The molecular formula is C8H10N2O3. The minimum atomic E-state index is -0.542. The Morgan fingerprint density at radius 2 is 2.15 bits per heavy atom. The summed E-state index contributed by atoms with van der Waals surface area (Å²) in [6.07, 6.45) is 0.523. The van der Waals surface area contributed by atoms with Crippen molar-refractivity contribution >= 4 is 5.69 Å². The van der Waals surface area contributed by atoms with Gasteiger partial charge >= 0.3 is 0 Å². The van der Waals surface area contributed by atoms with Crippen molar-refractivity contribution in [2.45, 2.75) is 6.42 Å². The molecule has 0 bridgehead atoms. The second kappa shape index (κ2) is 3.86. The highest BCUT2D eigenvalue weighted by molar-refractivity contribution is 5.42. The minimum Gasteiger partial charge on any atom is -0.508 e. The molecule has 13 heavy (non-hydrogen) atoms. The maximum atomic E-state index is 10.4. The van der Waals surface area contributed by atoms with E-state index in [1.54, 1.807) is 0 Å². The van der Waals surface area contributed by atoms with Crippen molar-refractivity contribution in [3.63, 3.8) is 0 Å². The van der Waals surface area contributed by atoms with Gasteiger partial charge in [0.05, 0.1) is 11.0 Å². The van der Waals surface area contributed by atoms with E-state index < -0.39 is 4.92 Å². The van der Waals surface area contributed by atoms with Crippen LogP contribution in [0.5, 0.6) is 5.75 Å². The quantitative estimate of drug-likeness (QED) is 0.534. The van der Waals surface area contributed by atoms with Crippen molar-refractivity contribution in [2.24, 2.45) is 5.73 Å². The third-order valence-electron chi connectivity index (χ3n) is 1.61. The molecule has 1 aromatic carbocycles. The summed E-state index contributed by atoms with van der Waals surface area (Å²) >= 11 is 0. The Kier molecular flexibility index (Phi) is 2.81. The van der Waals surface area contributed by atoms with Gasteiger partial charge in [0.15, 0.2) is 0 Å². The van der Waals surface area contributed by atoms with E-state index in [0.717, 1.165) is 6.07 Å². The molecule has 0 heterocycles. The maximum absolute atomic E-state index is 10.4. The third kappa shape index (κ3) is 2.41. The predicted molar refractivity (Wildman–Crippen MR) is 47.5 cm³/mol. The van der Waals surface area contributed by atoms with E-state index >= 15 is 0 Å². The zero-order chi connectivity index (χ0) is 9.84. The molecule has 0 spiro atoms. The molecule has 5 nitrogen and oxygen atoms in total. The molecule has 0 aliphatic heterocycles. The van der Waals surface area contributed by atoms with Crippen molar-refractivity contribution in [1.29, 1.82) is 0 Å². The van der Waals surface area contributed by atoms with Crippen LogP contribution in [0.3, 0.4) is 0 Å². The number of nitrogens with zero attached hydrogens (tertiary/aromatic N) is 1. The SMILES string of the molecule is NCCc1cc(O)cc([N+](=O)[O-])c1. The van der Waals surface area contributed by atoms with Gasteiger partial charge in [-0.1, -0.05) is 0 Å². The fourth-order valence-electron chi connectivity index (χ4n) is 1.07. The summed E-state index contributed by atoms with van der Waals surface area (Å²) in [4.78, 5) is 9.83. The van der Waals surface area contributed by atoms with Crippen LogP contribution in [0.25, 0.3) is 0 Å². The normalized spacial score (nSPS) is 9.92. The van der Waals surface area contributed by atoms with Crippen molar-refractivity contribution in [3.05, 3.63) is 33.9 Å². The first-order valence-electron chi connectivity index (χ1n) is 3.81. The molecule has 0 atom stereocenters. The first-order valence-corrected chi connectivity index (χ1v) is 3.81. The highest BCUT2D eigenvalue weighted by atomic mass is 16.6. The Balaban J connectivity index is 3.03. The molecule has 70 valence electrons. The maximum Gasteiger partial charge on any atom is 0.273 e. The molecule has 0 amide bonds. The van der Waals surface area contributed by atoms with E-state index in [1.165, 1.54) is 12.1 Å². The number of nitro groups is 1. The van der Waals surface area contributed by atoms with Crippen molar-refractivity contribution in [3.8, 4) is 5.75 Å². The van der Waals surface area contributed by atoms with Crippen LogP contribution in [0.2, 0.25) is 0 Å². The molecule has 0 aliphatic rings. The van der Waals surface area contributed by atoms with E-state index in [0.29, 0.717) is 18.5 Å². The van der Waals surface area contributed by atoms with Gasteiger partial charge < -0.3 is 10.8 Å². The van der Waals surface area contributed by atoms with Gasteiger partial charge in [0, 0.05) is 6.07 Å². The van der Waals surface area contributed by atoms with Gasteiger partial charge in [-0.3, -0.25) is 10.1 Å². The van der Waals surface area contributed by atoms with E-state index in [1.807, 2.05) is 0 Å². The van der Waals surface area contributed by atoms with Crippen molar-refractivity contribution < 1.29 is 10.0 Å². The number of phenols is 1. The average Bonchev–Trinajstić information content (AvgIpc) is 2.03. The van der Waals surface area contributed by atoms with E-state index in [4.69, 9.17) is 10.8 Å². The average molecular weight is 182 g/mol. The van der Waals surface area contributed by atoms with Gasteiger partial charge in [-0.15, -0.1) is 0 Å². The zero-order valence-corrected chi connectivity index (χ0v) is 6.93. The molecule has 1 aromatic rings. The first-order chi connectivity index (χ1) is 6.13. The number of hydrogen-bond donors (Lipinski definition) is 2. The summed E-state index contributed by atoms with van der Waals surface area (Å²) in [7, 11) is 0. The number of rotatable bonds is 3. The van der Waals surface area contributed by atoms with Crippen LogP contribution in [-0.4, -0.2) is 16.6 Å². The Morgan fingerprint density at radius 3 is 2.69 bits per heavy atom. The Morgan fingerprint density at radius 1 is 1.46 bits per heavy atom. The number of hydrogen-bond acceptors (Lipinski definition) is 4. The van der Waals surface area contributed by atoms with Crippen molar-refractivity contribution in [2.75, 3.05) is 6.54 Å². The molecule has 0 saturated heterocycles. The molecule has 5 heteroatoms. The van der Waals surface area contributed by atoms with E-state index in [-0.39, 0.29) is 11.4 Å². The lowest BCUT2D eigenvalue weighted by molar-refractivity contribution is -0.385. The smallest absolute Gasteiger partial charge is 0.273 e. The number of benzene rings is 1. The van der Waals surface area contributed by atoms with Crippen LogP contribution in [0.4, 0.5) is 5.69 Å². The van der Waals surface area contributed by atoms with Crippen molar-refractivity contribution in [1.82, 2.24) is 0 Å². The lowest BCUT2D eigenvalue weighted by Crippen LogP contribution is -2.02. The summed E-state index contributed by atoms with van der Waals surface area (Å²) in [6, 6.07) is 3.99. The second-order valence-electron chi connectivity index (χ2n) is 2.65. The van der Waals surface area contributed by atoms with Gasteiger partial charge in [-0.2, -0.15) is 0 Å². The van der Waals surface area contributed by atoms with Crippen LogP contribution in [0.1, 0.15) is 5.56 Å². The minimum absolute atomic E-state index is 0.0994. The summed E-state index contributed by atoms with van der Waals surface area (Å²) in [5, 5.41) is 19.5. The van der Waals surface area contributed by atoms with Crippen LogP contribution in [0, 0.1) is 10.1 Å². The van der Waals surface area contributed by atoms with Crippen LogP contribution >= 0.6 is 0 Å². The van der Waals surface area contributed by atoms with Crippen LogP contribution < -0.4 is 5.73 Å². The summed E-state index contributed by atoms with van der Waals surface area (Å²) in [5.74, 6) is -0.0994. The molecule has 0 unspecified atom stereocenters. The topological polar surface area (TPSA) is 89.4 Å². The number of nitro benzene ring substituents is 1. The van der Waals surface area contributed by atoms with Gasteiger partial charge in [-0.25, -0.2) is 0 Å². The zero-order valence-electron chi connectivity index (χ0n) is 6.93. The highest BCUT2D eigenvalue weighted by Crippen LogP contribution is 2.21. The lowest BCUT2D eigenvalue weighted by atomic mass is 10.1. The van der Waals surface area contributed by atoms with E-state index in [2.05, 4.69) is 0 Å². The Hall–Kier alpha value is -1.62. The molecule has 3 N–H and O–H groups in total. The standard InChI is InChI=1S/C8H10N2O3/c9-2-1-6-3-7(10(12)13)5-8(11)4-6/h3-5,11H,1-2,9H2. The molecule has 1 rings (SSSR count). The van der Waals surface area contributed by atoms with Crippen LogP contribution in [-0.2, 0) is 6.42 Å². The van der Waals surface area contributed by atoms with Gasteiger partial charge in [-0.05, 0) is 24.6 Å². The predicted octanol–water partition coefficient (Wildman–Crippen LogP) is 0.802. The van der Waals surface area contributed by atoms with Gasteiger partial charge in [0.2, 0.25) is 0 Å². The molecule has 0 fully saturated rings. The fourth-order valence-corrected chi connectivity index (χ4v) is 1.07. The van der Waals surface area contributed by atoms with Gasteiger partial charge in [0.1, 0.15) is 5.75 Å². The van der Waals surface area contributed by atoms with E-state index in [9.17, 15) is 10.1 Å². The molecular weight excluding hydrogens is 172 g/mol. The molecule has 0 aromatic heterocycles. The lowest BCUT2D eigenvalue weighted by Gasteiger charge is -1.99. The van der Waals surface area contributed by atoms with Gasteiger partial charge in [0.25, 0.3) is 5.69 Å². The second-order valence-corrected chi connectivity index (χ2v) is 2.65. The molecule has 0 radical (unpaired) electrons. The number of nitrogens with two attached hydrogens (primary N) is 1. The summed E-state index contributed by atoms with van der Waals surface area (Å²) in [5.41, 5.74) is 5.85. The van der Waals surface area contributed by atoms with Crippen LogP contribution in [0.15, 0.2) is 18.2 Å². The number of phenolic OH excluding ortho intramolecular Hbond substituents is 1. The summed E-state index contributed by atoms with van der Waals surface area (Å²) in [6.45, 7) is 0.403. The summed E-state index contributed by atoms with van der Waals surface area (Å²) < 4.78 is 0. The number of aromatic hydroxyl groups is 1. The largest absolute Gasteiger partial charge is 0.508 e.